The Kier molecular flexibility index (Phi) is 1.78. The Morgan fingerprint density at radius 2 is 1.94 bits per heavy atom. The highest BCUT2D eigenvalue weighted by atomic mass is 16.6. The summed E-state index contributed by atoms with van der Waals surface area (Å²) in [6.45, 7) is 0. The van der Waals surface area contributed by atoms with Gasteiger partial charge in [0, 0.05) is 12.0 Å². The molecule has 1 aliphatic heterocycles. The van der Waals surface area contributed by atoms with Gasteiger partial charge in [-0.2, -0.15) is 0 Å². The fraction of sp³-hybridized carbons (Fsp3) is 0.231. The summed E-state index contributed by atoms with van der Waals surface area (Å²) in [4.78, 5) is 23.2. The highest BCUT2D eigenvalue weighted by Crippen LogP contribution is 2.42. The van der Waals surface area contributed by atoms with Gasteiger partial charge in [0.1, 0.15) is 0 Å². The van der Waals surface area contributed by atoms with Crippen LogP contribution in [0.5, 0.6) is 0 Å². The number of ether oxygens (including phenoxy) is 1. The zero-order valence-corrected chi connectivity index (χ0v) is 8.60. The van der Waals surface area contributed by atoms with E-state index in [2.05, 4.69) is 0 Å². The van der Waals surface area contributed by atoms with Crippen LogP contribution in [0.3, 0.4) is 0 Å². The quantitative estimate of drug-likeness (QED) is 0.618. The number of esters is 1. The Hall–Kier alpha value is -1.90. The minimum atomic E-state index is -1.04. The molecule has 80 valence electrons. The van der Waals surface area contributed by atoms with Crippen LogP contribution in [0.4, 0.5) is 0 Å². The molecular weight excluding hydrogens is 204 g/mol. The average Bonchev–Trinajstić information content (AvgIpc) is 2.68. The third-order valence-corrected chi connectivity index (χ3v) is 3.18. The molecule has 1 aliphatic carbocycles. The Balaban J connectivity index is 2.21. The molecule has 3 rings (SSSR count). The highest BCUT2D eigenvalue weighted by Gasteiger charge is 2.49. The number of hydrogen-bond donors (Lipinski definition) is 0. The molecule has 0 amide bonds. The number of carbonyl (C=O) groups excluding carboxylic acids is 2. The molecule has 0 aromatic heterocycles. The number of rotatable bonds is 0. The molecule has 0 saturated carbocycles. The van der Waals surface area contributed by atoms with E-state index in [0.29, 0.717) is 12.8 Å². The number of benzene rings is 1. The zero-order chi connectivity index (χ0) is 11.2. The molecule has 1 unspecified atom stereocenters. The first kappa shape index (κ1) is 9.33. The first-order valence-corrected chi connectivity index (χ1v) is 5.26. The molecule has 16 heavy (non-hydrogen) atoms. The molecule has 1 atom stereocenters. The molecule has 0 bridgehead atoms. The Morgan fingerprint density at radius 3 is 2.69 bits per heavy atom. The molecule has 1 spiro atoms. The molecule has 1 heterocycles. The van der Waals surface area contributed by atoms with Crippen molar-refractivity contribution in [3.05, 3.63) is 41.5 Å². The van der Waals surface area contributed by atoms with Crippen LogP contribution >= 0.6 is 0 Å². The van der Waals surface area contributed by atoms with E-state index in [1.807, 2.05) is 24.3 Å². The lowest BCUT2D eigenvalue weighted by Crippen LogP contribution is -2.36. The Morgan fingerprint density at radius 1 is 1.12 bits per heavy atom. The highest BCUT2D eigenvalue weighted by molar-refractivity contribution is 6.06. The van der Waals surface area contributed by atoms with E-state index in [-0.39, 0.29) is 11.8 Å². The number of carbonyl (C=O) groups is 2. The van der Waals surface area contributed by atoms with Crippen LogP contribution in [-0.4, -0.2) is 11.8 Å². The Bertz CT molecular complexity index is 516. The minimum Gasteiger partial charge on any atom is -0.446 e. The fourth-order valence-corrected chi connectivity index (χ4v) is 2.38. The van der Waals surface area contributed by atoms with Crippen LogP contribution in [0.25, 0.3) is 6.08 Å². The summed E-state index contributed by atoms with van der Waals surface area (Å²) in [6, 6.07) is 7.55. The maximum atomic E-state index is 12.0. The predicted molar refractivity (Wildman–Crippen MR) is 57.5 cm³/mol. The Labute approximate surface area is 92.7 Å². The predicted octanol–water partition coefficient (Wildman–Crippen LogP) is 1.81. The van der Waals surface area contributed by atoms with Gasteiger partial charge >= 0.3 is 5.97 Å². The molecule has 1 aromatic carbocycles. The van der Waals surface area contributed by atoms with Gasteiger partial charge in [-0.25, -0.2) is 0 Å². The topological polar surface area (TPSA) is 43.4 Å². The van der Waals surface area contributed by atoms with Gasteiger partial charge in [-0.05, 0) is 11.6 Å². The third-order valence-electron chi connectivity index (χ3n) is 3.18. The van der Waals surface area contributed by atoms with Crippen LogP contribution in [-0.2, 0) is 19.9 Å². The van der Waals surface area contributed by atoms with Crippen LogP contribution < -0.4 is 0 Å². The second-order valence-electron chi connectivity index (χ2n) is 4.09. The smallest absolute Gasteiger partial charge is 0.307 e. The van der Waals surface area contributed by atoms with Gasteiger partial charge in [0.15, 0.2) is 5.60 Å². The molecule has 0 radical (unpaired) electrons. The van der Waals surface area contributed by atoms with E-state index in [9.17, 15) is 9.59 Å². The minimum absolute atomic E-state index is 0.128. The summed E-state index contributed by atoms with van der Waals surface area (Å²) in [5.41, 5.74) is 0.729. The largest absolute Gasteiger partial charge is 0.446 e. The summed E-state index contributed by atoms with van der Waals surface area (Å²) < 4.78 is 5.29. The normalized spacial score (nSPS) is 27.0. The monoisotopic (exact) mass is 214 g/mol. The van der Waals surface area contributed by atoms with E-state index in [1.165, 1.54) is 6.08 Å². The van der Waals surface area contributed by atoms with Crippen LogP contribution in [0.2, 0.25) is 0 Å². The van der Waals surface area contributed by atoms with Gasteiger partial charge in [-0.15, -0.1) is 0 Å². The second-order valence-corrected chi connectivity index (χ2v) is 4.09. The summed E-state index contributed by atoms with van der Waals surface area (Å²) in [7, 11) is 0. The lowest BCUT2D eigenvalue weighted by molar-refractivity contribution is -0.156. The number of hydrogen-bond acceptors (Lipinski definition) is 3. The van der Waals surface area contributed by atoms with Crippen molar-refractivity contribution in [2.75, 3.05) is 0 Å². The van der Waals surface area contributed by atoms with Crippen molar-refractivity contribution in [1.29, 1.82) is 0 Å². The van der Waals surface area contributed by atoms with Gasteiger partial charge in [-0.3, -0.25) is 9.59 Å². The molecule has 1 saturated heterocycles. The van der Waals surface area contributed by atoms with Gasteiger partial charge in [0.05, 0.1) is 6.42 Å². The van der Waals surface area contributed by atoms with Gasteiger partial charge in [0.25, 0.3) is 0 Å². The van der Waals surface area contributed by atoms with E-state index in [4.69, 9.17) is 4.74 Å². The standard InChI is InChI=1S/C13H10O3/c14-11-6-5-9-3-1-2-4-10(9)13(11)8-7-12(15)16-13/h1-6H,7-8H2. The summed E-state index contributed by atoms with van der Waals surface area (Å²) in [6.07, 6.45) is 4.04. The first-order chi connectivity index (χ1) is 7.72. The van der Waals surface area contributed by atoms with Crippen molar-refractivity contribution >= 4 is 17.8 Å². The number of ketones is 1. The number of fused-ring (bicyclic) bond motifs is 2. The maximum absolute atomic E-state index is 12.0. The van der Waals surface area contributed by atoms with Crippen molar-refractivity contribution < 1.29 is 14.3 Å². The van der Waals surface area contributed by atoms with Gasteiger partial charge in [0.2, 0.25) is 5.78 Å². The van der Waals surface area contributed by atoms with E-state index in [0.717, 1.165) is 11.1 Å². The molecule has 2 aliphatic rings. The summed E-state index contributed by atoms with van der Waals surface area (Å²) in [5, 5.41) is 0. The average molecular weight is 214 g/mol. The van der Waals surface area contributed by atoms with Gasteiger partial charge in [-0.1, -0.05) is 30.3 Å². The molecular formula is C13H10O3. The molecule has 3 nitrogen and oxygen atoms in total. The SMILES string of the molecule is O=C1CCC2(O1)C(=O)C=Cc1ccccc12. The van der Waals surface area contributed by atoms with Crippen LogP contribution in [0, 0.1) is 0 Å². The van der Waals surface area contributed by atoms with E-state index in [1.54, 1.807) is 6.08 Å². The second kappa shape index (κ2) is 3.04. The van der Waals surface area contributed by atoms with Crippen molar-refractivity contribution in [2.45, 2.75) is 18.4 Å². The molecule has 1 aromatic rings. The zero-order valence-electron chi connectivity index (χ0n) is 8.60. The van der Waals surface area contributed by atoms with Crippen molar-refractivity contribution in [2.24, 2.45) is 0 Å². The lowest BCUT2D eigenvalue weighted by Gasteiger charge is -2.29. The lowest BCUT2D eigenvalue weighted by atomic mass is 9.80. The third kappa shape index (κ3) is 1.08. The van der Waals surface area contributed by atoms with Crippen molar-refractivity contribution in [1.82, 2.24) is 0 Å². The van der Waals surface area contributed by atoms with Crippen molar-refractivity contribution in [3.63, 3.8) is 0 Å². The maximum Gasteiger partial charge on any atom is 0.307 e. The van der Waals surface area contributed by atoms with Crippen LogP contribution in [0.15, 0.2) is 30.3 Å². The fourth-order valence-electron chi connectivity index (χ4n) is 2.38. The summed E-state index contributed by atoms with van der Waals surface area (Å²) >= 11 is 0. The molecule has 0 N–H and O–H groups in total. The summed E-state index contributed by atoms with van der Waals surface area (Å²) in [5.74, 6) is -0.421. The van der Waals surface area contributed by atoms with Gasteiger partial charge < -0.3 is 4.74 Å². The first-order valence-electron chi connectivity index (χ1n) is 5.26. The molecule has 3 heteroatoms. The van der Waals surface area contributed by atoms with Crippen molar-refractivity contribution in [3.8, 4) is 0 Å². The van der Waals surface area contributed by atoms with Crippen LogP contribution in [0.1, 0.15) is 24.0 Å². The molecule has 1 fully saturated rings. The van der Waals surface area contributed by atoms with E-state index < -0.39 is 5.60 Å². The van der Waals surface area contributed by atoms with E-state index >= 15 is 0 Å².